The van der Waals surface area contributed by atoms with E-state index in [1.807, 2.05) is 37.6 Å². The van der Waals surface area contributed by atoms with Crippen molar-refractivity contribution in [1.29, 1.82) is 5.41 Å². The van der Waals surface area contributed by atoms with Crippen LogP contribution in [-0.2, 0) is 6.54 Å². The van der Waals surface area contributed by atoms with Gasteiger partial charge < -0.3 is 24.7 Å². The van der Waals surface area contributed by atoms with E-state index >= 15 is 0 Å². The van der Waals surface area contributed by atoms with Crippen molar-refractivity contribution in [2.45, 2.75) is 19.9 Å². The van der Waals surface area contributed by atoms with Crippen molar-refractivity contribution in [2.75, 3.05) is 25.1 Å². The zero-order valence-corrected chi connectivity index (χ0v) is 13.1. The first kappa shape index (κ1) is 15.2. The molecule has 0 bridgehead atoms. The molecular formula is C16H21N5O2. The van der Waals surface area contributed by atoms with Crippen molar-refractivity contribution in [2.24, 2.45) is 0 Å². The first-order valence-electron chi connectivity index (χ1n) is 7.68. The van der Waals surface area contributed by atoms with Crippen LogP contribution in [0.25, 0.3) is 0 Å². The number of aryl methyl sites for hydroxylation is 2. The second-order valence-corrected chi connectivity index (χ2v) is 5.39. The molecule has 0 saturated heterocycles. The van der Waals surface area contributed by atoms with Gasteiger partial charge in [0.05, 0.1) is 12.0 Å². The summed E-state index contributed by atoms with van der Waals surface area (Å²) in [6, 6.07) is 5.57. The zero-order valence-electron chi connectivity index (χ0n) is 13.1. The van der Waals surface area contributed by atoms with E-state index in [4.69, 9.17) is 14.9 Å². The predicted octanol–water partition coefficient (Wildman–Crippen LogP) is 1.99. The van der Waals surface area contributed by atoms with Crippen molar-refractivity contribution in [3.63, 3.8) is 0 Å². The van der Waals surface area contributed by atoms with E-state index in [1.54, 1.807) is 0 Å². The number of benzene rings is 1. The largest absolute Gasteiger partial charge is 0.486 e. The number of aromatic nitrogens is 2. The van der Waals surface area contributed by atoms with Crippen LogP contribution >= 0.6 is 0 Å². The van der Waals surface area contributed by atoms with Crippen LogP contribution in [0.3, 0.4) is 0 Å². The number of guanidine groups is 1. The average molecular weight is 315 g/mol. The minimum absolute atomic E-state index is 0.267. The second-order valence-electron chi connectivity index (χ2n) is 5.39. The number of anilines is 1. The number of nitrogens with zero attached hydrogens (tertiary/aromatic N) is 2. The standard InChI is InChI=1S/C16H21N5O2/c1-12-10-21(11-19-12)6-2-5-18-16(17)20-13-3-4-14-15(9-13)23-8-7-22-14/h3-4,9-11H,2,5-8H2,1H3,(H3,17,18,20). The Kier molecular flexibility index (Phi) is 4.65. The summed E-state index contributed by atoms with van der Waals surface area (Å²) in [6.07, 6.45) is 4.76. The molecule has 122 valence electrons. The van der Waals surface area contributed by atoms with Crippen LogP contribution in [0.5, 0.6) is 11.5 Å². The zero-order chi connectivity index (χ0) is 16.1. The maximum Gasteiger partial charge on any atom is 0.192 e. The molecule has 2 aromatic rings. The number of rotatable bonds is 5. The van der Waals surface area contributed by atoms with Gasteiger partial charge in [-0.2, -0.15) is 0 Å². The highest BCUT2D eigenvalue weighted by Crippen LogP contribution is 2.32. The summed E-state index contributed by atoms with van der Waals surface area (Å²) in [4.78, 5) is 4.19. The van der Waals surface area contributed by atoms with Gasteiger partial charge in [-0.3, -0.25) is 5.41 Å². The van der Waals surface area contributed by atoms with Gasteiger partial charge in [0.15, 0.2) is 17.5 Å². The normalized spacial score (nSPS) is 12.7. The summed E-state index contributed by atoms with van der Waals surface area (Å²) in [6.45, 7) is 4.70. The minimum Gasteiger partial charge on any atom is -0.486 e. The molecule has 3 N–H and O–H groups in total. The fourth-order valence-corrected chi connectivity index (χ4v) is 2.38. The maximum atomic E-state index is 7.94. The van der Waals surface area contributed by atoms with Crippen LogP contribution in [0, 0.1) is 12.3 Å². The first-order valence-corrected chi connectivity index (χ1v) is 7.68. The summed E-state index contributed by atoms with van der Waals surface area (Å²) >= 11 is 0. The number of hydrogen-bond acceptors (Lipinski definition) is 4. The van der Waals surface area contributed by atoms with Gasteiger partial charge >= 0.3 is 0 Å². The van der Waals surface area contributed by atoms with E-state index in [-0.39, 0.29) is 5.96 Å². The lowest BCUT2D eigenvalue weighted by Crippen LogP contribution is -2.30. The molecule has 0 fully saturated rings. The van der Waals surface area contributed by atoms with E-state index in [9.17, 15) is 0 Å². The summed E-state index contributed by atoms with van der Waals surface area (Å²) < 4.78 is 13.1. The molecule has 0 radical (unpaired) electrons. The average Bonchev–Trinajstić information content (AvgIpc) is 2.97. The van der Waals surface area contributed by atoms with E-state index in [2.05, 4.69) is 20.2 Å². The van der Waals surface area contributed by atoms with E-state index in [0.717, 1.165) is 30.1 Å². The van der Waals surface area contributed by atoms with Gasteiger partial charge in [-0.1, -0.05) is 0 Å². The Bertz CT molecular complexity index is 683. The Labute approximate surface area is 135 Å². The van der Waals surface area contributed by atoms with Gasteiger partial charge in [0.1, 0.15) is 13.2 Å². The van der Waals surface area contributed by atoms with Crippen LogP contribution < -0.4 is 20.1 Å². The SMILES string of the molecule is Cc1cn(CCCNC(=N)Nc2ccc3c(c2)OCCO3)cn1. The Morgan fingerprint density at radius 3 is 2.91 bits per heavy atom. The molecule has 2 heterocycles. The third-order valence-corrected chi connectivity index (χ3v) is 3.47. The fraction of sp³-hybridized carbons (Fsp3) is 0.375. The van der Waals surface area contributed by atoms with Gasteiger partial charge in [-0.25, -0.2) is 4.98 Å². The smallest absolute Gasteiger partial charge is 0.192 e. The Balaban J connectivity index is 1.42. The van der Waals surface area contributed by atoms with Gasteiger partial charge in [0.2, 0.25) is 0 Å². The van der Waals surface area contributed by atoms with Gasteiger partial charge in [0, 0.05) is 31.0 Å². The highest BCUT2D eigenvalue weighted by molar-refractivity contribution is 5.91. The topological polar surface area (TPSA) is 84.2 Å². The van der Waals surface area contributed by atoms with Crippen molar-refractivity contribution < 1.29 is 9.47 Å². The highest BCUT2D eigenvalue weighted by atomic mass is 16.6. The number of ether oxygens (including phenoxy) is 2. The molecule has 1 aromatic heterocycles. The molecule has 1 aliphatic rings. The van der Waals surface area contributed by atoms with Crippen LogP contribution in [0.1, 0.15) is 12.1 Å². The molecule has 7 heteroatoms. The molecule has 0 unspecified atom stereocenters. The quantitative estimate of drug-likeness (QED) is 0.446. The summed E-state index contributed by atoms with van der Waals surface area (Å²) in [5.41, 5.74) is 1.82. The second kappa shape index (κ2) is 7.04. The third kappa shape index (κ3) is 4.15. The third-order valence-electron chi connectivity index (χ3n) is 3.47. The van der Waals surface area contributed by atoms with E-state index < -0.39 is 0 Å². The lowest BCUT2D eigenvalue weighted by Gasteiger charge is -2.19. The lowest BCUT2D eigenvalue weighted by molar-refractivity contribution is 0.171. The van der Waals surface area contributed by atoms with Crippen LogP contribution in [0.4, 0.5) is 5.69 Å². The summed E-state index contributed by atoms with van der Waals surface area (Å²) in [5.74, 6) is 1.73. The molecular weight excluding hydrogens is 294 g/mol. The fourth-order valence-electron chi connectivity index (χ4n) is 2.38. The number of imidazole rings is 1. The van der Waals surface area contributed by atoms with Crippen molar-refractivity contribution in [3.05, 3.63) is 36.4 Å². The molecule has 1 aliphatic heterocycles. The number of hydrogen-bond donors (Lipinski definition) is 3. The molecule has 23 heavy (non-hydrogen) atoms. The molecule has 0 aliphatic carbocycles. The Hall–Kier alpha value is -2.70. The van der Waals surface area contributed by atoms with Crippen LogP contribution in [0.15, 0.2) is 30.7 Å². The van der Waals surface area contributed by atoms with Gasteiger partial charge in [-0.15, -0.1) is 0 Å². The van der Waals surface area contributed by atoms with Crippen LogP contribution in [0.2, 0.25) is 0 Å². The molecule has 0 atom stereocenters. The lowest BCUT2D eigenvalue weighted by atomic mass is 10.2. The predicted molar refractivity (Wildman–Crippen MR) is 88.4 cm³/mol. The summed E-state index contributed by atoms with van der Waals surface area (Å²) in [7, 11) is 0. The first-order chi connectivity index (χ1) is 11.2. The number of nitrogens with one attached hydrogen (secondary N) is 3. The van der Waals surface area contributed by atoms with E-state index in [1.165, 1.54) is 0 Å². The van der Waals surface area contributed by atoms with Gasteiger partial charge in [0.25, 0.3) is 0 Å². The van der Waals surface area contributed by atoms with Gasteiger partial charge in [-0.05, 0) is 25.5 Å². The highest BCUT2D eigenvalue weighted by Gasteiger charge is 2.11. The number of fused-ring (bicyclic) bond motifs is 1. The summed E-state index contributed by atoms with van der Waals surface area (Å²) in [5, 5.41) is 14.0. The molecule has 1 aromatic carbocycles. The van der Waals surface area contributed by atoms with Crippen molar-refractivity contribution in [3.8, 4) is 11.5 Å². The minimum atomic E-state index is 0.267. The molecule has 0 saturated carbocycles. The van der Waals surface area contributed by atoms with Crippen LogP contribution in [-0.4, -0.2) is 35.3 Å². The Morgan fingerprint density at radius 1 is 1.30 bits per heavy atom. The maximum absolute atomic E-state index is 7.94. The van der Waals surface area contributed by atoms with E-state index in [0.29, 0.717) is 25.5 Å². The molecule has 0 amide bonds. The molecule has 7 nitrogen and oxygen atoms in total. The Morgan fingerprint density at radius 2 is 2.13 bits per heavy atom. The monoisotopic (exact) mass is 315 g/mol. The molecule has 0 spiro atoms. The van der Waals surface area contributed by atoms with Crippen molar-refractivity contribution in [1.82, 2.24) is 14.9 Å². The van der Waals surface area contributed by atoms with Crippen molar-refractivity contribution >= 4 is 11.6 Å². The molecule has 3 rings (SSSR count).